The number of hydrogen-bond donors (Lipinski definition) is 1. The van der Waals surface area contributed by atoms with Crippen LogP contribution in [-0.4, -0.2) is 18.6 Å². The molecule has 0 unspecified atom stereocenters. The van der Waals surface area contributed by atoms with Gasteiger partial charge in [0.1, 0.15) is 6.04 Å². The van der Waals surface area contributed by atoms with Gasteiger partial charge in [0.05, 0.1) is 6.61 Å². The van der Waals surface area contributed by atoms with Crippen LogP contribution in [0.5, 0.6) is 0 Å². The summed E-state index contributed by atoms with van der Waals surface area (Å²) >= 11 is 0. The molecule has 0 aromatic carbocycles. The van der Waals surface area contributed by atoms with Gasteiger partial charge in [0.25, 0.3) is 0 Å². The first-order chi connectivity index (χ1) is 5.20. The molecule has 0 aromatic rings. The summed E-state index contributed by atoms with van der Waals surface area (Å²) in [6.07, 6.45) is 3.61. The first-order valence-electron chi connectivity index (χ1n) is 4.12. The first-order valence-corrected chi connectivity index (χ1v) is 4.12. The minimum absolute atomic E-state index is 0.286. The van der Waals surface area contributed by atoms with Crippen LogP contribution in [0.2, 0.25) is 0 Å². The topological polar surface area (TPSA) is 52.3 Å². The van der Waals surface area contributed by atoms with E-state index in [2.05, 4.69) is 0 Å². The molecule has 1 aliphatic rings. The van der Waals surface area contributed by atoms with Crippen LogP contribution in [0.15, 0.2) is 0 Å². The van der Waals surface area contributed by atoms with Gasteiger partial charge in [0, 0.05) is 0 Å². The van der Waals surface area contributed by atoms with Crippen molar-refractivity contribution in [2.45, 2.75) is 32.2 Å². The second-order valence-corrected chi connectivity index (χ2v) is 3.19. The summed E-state index contributed by atoms with van der Waals surface area (Å²) in [7, 11) is 0. The number of rotatable bonds is 4. The van der Waals surface area contributed by atoms with E-state index in [0.29, 0.717) is 6.61 Å². The van der Waals surface area contributed by atoms with Gasteiger partial charge in [0.15, 0.2) is 0 Å². The number of esters is 1. The molecule has 2 N–H and O–H groups in total. The SMILES string of the molecule is C[C@H](N)C(=O)OCCC1CC1. The Morgan fingerprint density at radius 1 is 1.73 bits per heavy atom. The maximum Gasteiger partial charge on any atom is 0.322 e. The fourth-order valence-corrected chi connectivity index (χ4v) is 0.864. The van der Waals surface area contributed by atoms with Gasteiger partial charge in [-0.05, 0) is 19.3 Å². The summed E-state index contributed by atoms with van der Waals surface area (Å²) in [5.41, 5.74) is 5.29. The Balaban J connectivity index is 1.96. The van der Waals surface area contributed by atoms with E-state index in [0.717, 1.165) is 12.3 Å². The van der Waals surface area contributed by atoms with Gasteiger partial charge in [-0.1, -0.05) is 12.8 Å². The average molecular weight is 157 g/mol. The summed E-state index contributed by atoms with van der Waals surface area (Å²) in [6.45, 7) is 2.19. The van der Waals surface area contributed by atoms with Gasteiger partial charge in [-0.2, -0.15) is 0 Å². The highest BCUT2D eigenvalue weighted by Crippen LogP contribution is 2.32. The second kappa shape index (κ2) is 3.72. The van der Waals surface area contributed by atoms with Gasteiger partial charge >= 0.3 is 5.97 Å². The molecule has 11 heavy (non-hydrogen) atoms. The number of ether oxygens (including phenoxy) is 1. The van der Waals surface area contributed by atoms with Crippen LogP contribution in [0.3, 0.4) is 0 Å². The number of carbonyl (C=O) groups is 1. The van der Waals surface area contributed by atoms with Crippen molar-refractivity contribution in [2.24, 2.45) is 11.7 Å². The summed E-state index contributed by atoms with van der Waals surface area (Å²) in [4.78, 5) is 10.8. The molecule has 64 valence electrons. The van der Waals surface area contributed by atoms with E-state index >= 15 is 0 Å². The van der Waals surface area contributed by atoms with Crippen LogP contribution < -0.4 is 5.73 Å². The van der Waals surface area contributed by atoms with Gasteiger partial charge < -0.3 is 10.5 Å². The maximum atomic E-state index is 10.8. The van der Waals surface area contributed by atoms with Crippen LogP contribution in [0.1, 0.15) is 26.2 Å². The van der Waals surface area contributed by atoms with Gasteiger partial charge in [0.2, 0.25) is 0 Å². The lowest BCUT2D eigenvalue weighted by molar-refractivity contribution is -0.144. The summed E-state index contributed by atoms with van der Waals surface area (Å²) < 4.78 is 4.89. The summed E-state index contributed by atoms with van der Waals surface area (Å²) in [6, 6.07) is -0.478. The second-order valence-electron chi connectivity index (χ2n) is 3.19. The van der Waals surface area contributed by atoms with E-state index in [1.54, 1.807) is 6.92 Å². The Hall–Kier alpha value is -0.570. The molecule has 1 fully saturated rings. The fourth-order valence-electron chi connectivity index (χ4n) is 0.864. The van der Waals surface area contributed by atoms with Crippen molar-refractivity contribution >= 4 is 5.97 Å². The van der Waals surface area contributed by atoms with Crippen LogP contribution in [0, 0.1) is 5.92 Å². The smallest absolute Gasteiger partial charge is 0.322 e. The molecule has 3 nitrogen and oxygen atoms in total. The molecule has 0 amide bonds. The molecule has 0 bridgehead atoms. The summed E-state index contributed by atoms with van der Waals surface area (Å²) in [5, 5.41) is 0. The molecule has 0 heterocycles. The van der Waals surface area contributed by atoms with Crippen LogP contribution in [0.4, 0.5) is 0 Å². The molecule has 1 atom stereocenters. The van der Waals surface area contributed by atoms with E-state index in [1.165, 1.54) is 12.8 Å². The Kier molecular flexibility index (Phi) is 2.88. The Bertz CT molecular complexity index is 141. The van der Waals surface area contributed by atoms with E-state index < -0.39 is 6.04 Å². The number of carbonyl (C=O) groups excluding carboxylic acids is 1. The molecular weight excluding hydrogens is 142 g/mol. The lowest BCUT2D eigenvalue weighted by Crippen LogP contribution is -2.29. The molecule has 1 saturated carbocycles. The van der Waals surface area contributed by atoms with E-state index in [1.807, 2.05) is 0 Å². The lowest BCUT2D eigenvalue weighted by atomic mass is 10.3. The average Bonchev–Trinajstić information content (AvgIpc) is 2.71. The molecule has 0 spiro atoms. The maximum absolute atomic E-state index is 10.8. The monoisotopic (exact) mass is 157 g/mol. The van der Waals surface area contributed by atoms with Crippen LogP contribution >= 0.6 is 0 Å². The predicted molar refractivity (Wildman–Crippen MR) is 41.9 cm³/mol. The van der Waals surface area contributed by atoms with E-state index in [-0.39, 0.29) is 5.97 Å². The largest absolute Gasteiger partial charge is 0.465 e. The van der Waals surface area contributed by atoms with Crippen LogP contribution in [-0.2, 0) is 9.53 Å². The molecule has 0 radical (unpaired) electrons. The van der Waals surface area contributed by atoms with Crippen molar-refractivity contribution in [1.82, 2.24) is 0 Å². The highest BCUT2D eigenvalue weighted by Gasteiger charge is 2.21. The number of nitrogens with two attached hydrogens (primary N) is 1. The fraction of sp³-hybridized carbons (Fsp3) is 0.875. The van der Waals surface area contributed by atoms with Crippen molar-refractivity contribution in [3.63, 3.8) is 0 Å². The Labute approximate surface area is 66.9 Å². The van der Waals surface area contributed by atoms with Crippen molar-refractivity contribution in [3.05, 3.63) is 0 Å². The highest BCUT2D eigenvalue weighted by atomic mass is 16.5. The number of hydrogen-bond acceptors (Lipinski definition) is 3. The zero-order valence-corrected chi connectivity index (χ0v) is 6.88. The molecule has 1 rings (SSSR count). The molecule has 0 saturated heterocycles. The predicted octanol–water partition coefficient (Wildman–Crippen LogP) is 0.677. The molecule has 1 aliphatic carbocycles. The van der Waals surface area contributed by atoms with E-state index in [4.69, 9.17) is 10.5 Å². The first kappa shape index (κ1) is 8.53. The quantitative estimate of drug-likeness (QED) is 0.610. The van der Waals surface area contributed by atoms with E-state index in [9.17, 15) is 4.79 Å². The van der Waals surface area contributed by atoms with Gasteiger partial charge in [-0.15, -0.1) is 0 Å². The minimum Gasteiger partial charge on any atom is -0.465 e. The standard InChI is InChI=1S/C8H15NO2/c1-6(9)8(10)11-5-4-7-2-3-7/h6-7H,2-5,9H2,1H3/t6-/m0/s1. The molecule has 3 heteroatoms. The molecule has 0 aromatic heterocycles. The lowest BCUT2D eigenvalue weighted by Gasteiger charge is -2.05. The molecule has 0 aliphatic heterocycles. The van der Waals surface area contributed by atoms with Crippen LogP contribution in [0.25, 0.3) is 0 Å². The third-order valence-corrected chi connectivity index (χ3v) is 1.84. The van der Waals surface area contributed by atoms with Gasteiger partial charge in [-0.3, -0.25) is 4.79 Å². The zero-order valence-electron chi connectivity index (χ0n) is 6.88. The third kappa shape index (κ3) is 3.37. The third-order valence-electron chi connectivity index (χ3n) is 1.84. The Morgan fingerprint density at radius 3 is 2.82 bits per heavy atom. The molecular formula is C8H15NO2. The van der Waals surface area contributed by atoms with Crippen molar-refractivity contribution in [2.75, 3.05) is 6.61 Å². The minimum atomic E-state index is -0.478. The van der Waals surface area contributed by atoms with Crippen molar-refractivity contribution in [3.8, 4) is 0 Å². The highest BCUT2D eigenvalue weighted by molar-refractivity contribution is 5.74. The van der Waals surface area contributed by atoms with Gasteiger partial charge in [-0.25, -0.2) is 0 Å². The normalized spacial score (nSPS) is 19.5. The van der Waals surface area contributed by atoms with Crippen molar-refractivity contribution < 1.29 is 9.53 Å². The zero-order chi connectivity index (χ0) is 8.27. The Morgan fingerprint density at radius 2 is 2.36 bits per heavy atom. The summed E-state index contributed by atoms with van der Waals surface area (Å²) in [5.74, 6) is 0.529. The van der Waals surface area contributed by atoms with Crippen molar-refractivity contribution in [1.29, 1.82) is 0 Å².